The van der Waals surface area contributed by atoms with Crippen molar-refractivity contribution in [3.63, 3.8) is 0 Å². The highest BCUT2D eigenvalue weighted by molar-refractivity contribution is 7.15. The van der Waals surface area contributed by atoms with Gasteiger partial charge in [-0.15, -0.1) is 11.3 Å². The van der Waals surface area contributed by atoms with E-state index in [-0.39, 0.29) is 17.9 Å². The molecule has 9 heteroatoms. The summed E-state index contributed by atoms with van der Waals surface area (Å²) in [4.78, 5) is 33.5. The highest BCUT2D eigenvalue weighted by Gasteiger charge is 2.21. The van der Waals surface area contributed by atoms with Crippen LogP contribution in [0, 0.1) is 5.92 Å². The number of nitrogens with two attached hydrogens (primary N) is 1. The van der Waals surface area contributed by atoms with Gasteiger partial charge in [-0.2, -0.15) is 5.10 Å². The van der Waals surface area contributed by atoms with Crippen LogP contribution in [0.2, 0.25) is 0 Å². The number of piperidine rings is 1. The summed E-state index contributed by atoms with van der Waals surface area (Å²) in [6.07, 6.45) is 9.00. The van der Waals surface area contributed by atoms with Crippen LogP contribution >= 0.6 is 11.3 Å². The zero-order chi connectivity index (χ0) is 20.2. The van der Waals surface area contributed by atoms with Crippen molar-refractivity contribution in [1.29, 1.82) is 0 Å². The molecule has 3 aromatic heterocycles. The summed E-state index contributed by atoms with van der Waals surface area (Å²) < 4.78 is 1.84. The number of aromatic nitrogens is 4. The Morgan fingerprint density at radius 1 is 1.24 bits per heavy atom. The highest BCUT2D eigenvalue weighted by Crippen LogP contribution is 2.28. The standard InChI is InChI=1S/C20H22N6O2S/c21-19(28)18-17(29-20(25-18)14-3-7-23-8-4-14)9-16(27)15-10-24-26(12-15)11-13-1-5-22-6-2-13/h3-4,7-8,10,12-13,22H,1-2,5-6,9,11H2,(H2,21,28). The Morgan fingerprint density at radius 2 is 2.00 bits per heavy atom. The van der Waals surface area contributed by atoms with Gasteiger partial charge in [0.25, 0.3) is 5.91 Å². The molecule has 8 nitrogen and oxygen atoms in total. The van der Waals surface area contributed by atoms with Crippen molar-refractivity contribution in [1.82, 2.24) is 25.1 Å². The average molecular weight is 411 g/mol. The lowest BCUT2D eigenvalue weighted by Gasteiger charge is -2.22. The molecule has 0 spiro atoms. The molecule has 3 N–H and O–H groups in total. The Bertz CT molecular complexity index is 1010. The molecule has 0 radical (unpaired) electrons. The molecule has 1 aliphatic rings. The summed E-state index contributed by atoms with van der Waals surface area (Å²) in [6.45, 7) is 2.87. The van der Waals surface area contributed by atoms with E-state index in [1.165, 1.54) is 11.3 Å². The van der Waals surface area contributed by atoms with E-state index in [1.807, 2.05) is 4.68 Å². The largest absolute Gasteiger partial charge is 0.364 e. The van der Waals surface area contributed by atoms with Crippen LogP contribution in [-0.2, 0) is 13.0 Å². The van der Waals surface area contributed by atoms with Crippen LogP contribution < -0.4 is 11.1 Å². The number of Topliss-reactive ketones (excluding diaryl/α,β-unsaturated/α-hetero) is 1. The Hall–Kier alpha value is -2.91. The van der Waals surface area contributed by atoms with Gasteiger partial charge < -0.3 is 11.1 Å². The van der Waals surface area contributed by atoms with Crippen molar-refractivity contribution in [2.45, 2.75) is 25.8 Å². The van der Waals surface area contributed by atoms with E-state index in [4.69, 9.17) is 5.73 Å². The van der Waals surface area contributed by atoms with Gasteiger partial charge in [-0.1, -0.05) is 0 Å². The van der Waals surface area contributed by atoms with Crippen LogP contribution in [0.25, 0.3) is 10.6 Å². The number of nitrogens with one attached hydrogen (secondary N) is 1. The first kappa shape index (κ1) is 19.4. The molecule has 29 heavy (non-hydrogen) atoms. The highest BCUT2D eigenvalue weighted by atomic mass is 32.1. The lowest BCUT2D eigenvalue weighted by Crippen LogP contribution is -2.29. The number of nitrogens with zero attached hydrogens (tertiary/aromatic N) is 4. The number of hydrogen-bond acceptors (Lipinski definition) is 7. The second-order valence-electron chi connectivity index (χ2n) is 7.14. The summed E-state index contributed by atoms with van der Waals surface area (Å²) in [7, 11) is 0. The molecule has 0 saturated carbocycles. The molecule has 1 saturated heterocycles. The smallest absolute Gasteiger partial charge is 0.268 e. The molecule has 4 heterocycles. The van der Waals surface area contributed by atoms with E-state index in [2.05, 4.69) is 20.4 Å². The Morgan fingerprint density at radius 3 is 2.72 bits per heavy atom. The van der Waals surface area contributed by atoms with E-state index >= 15 is 0 Å². The van der Waals surface area contributed by atoms with Gasteiger partial charge in [-0.25, -0.2) is 4.98 Å². The maximum absolute atomic E-state index is 12.8. The number of pyridine rings is 1. The monoisotopic (exact) mass is 410 g/mol. The van der Waals surface area contributed by atoms with Crippen molar-refractivity contribution >= 4 is 23.0 Å². The van der Waals surface area contributed by atoms with Crippen LogP contribution in [0.5, 0.6) is 0 Å². The SMILES string of the molecule is NC(=O)c1nc(-c2ccncc2)sc1CC(=O)c1cnn(CC2CCNCC2)c1. The van der Waals surface area contributed by atoms with Crippen molar-refractivity contribution in [3.05, 3.63) is 53.1 Å². The number of carbonyl (C=O) groups is 2. The van der Waals surface area contributed by atoms with Gasteiger partial charge in [0, 0.05) is 42.0 Å². The van der Waals surface area contributed by atoms with Gasteiger partial charge in [0.15, 0.2) is 5.78 Å². The Balaban J connectivity index is 1.49. The molecule has 1 aliphatic heterocycles. The fraction of sp³-hybridized carbons (Fsp3) is 0.350. The number of thiazole rings is 1. The lowest BCUT2D eigenvalue weighted by atomic mass is 9.98. The van der Waals surface area contributed by atoms with Crippen molar-refractivity contribution in [3.8, 4) is 10.6 Å². The maximum Gasteiger partial charge on any atom is 0.268 e. The average Bonchev–Trinajstić information content (AvgIpc) is 3.37. The van der Waals surface area contributed by atoms with Gasteiger partial charge in [0.2, 0.25) is 0 Å². The van der Waals surface area contributed by atoms with Crippen LogP contribution in [0.15, 0.2) is 36.9 Å². The number of ketones is 1. The predicted octanol–water partition coefficient (Wildman–Crippen LogP) is 1.93. The third-order valence-corrected chi connectivity index (χ3v) is 6.14. The first-order valence-electron chi connectivity index (χ1n) is 9.56. The van der Waals surface area contributed by atoms with Gasteiger partial charge in [0.1, 0.15) is 10.7 Å². The predicted molar refractivity (Wildman–Crippen MR) is 110 cm³/mol. The first-order valence-corrected chi connectivity index (χ1v) is 10.4. The number of hydrogen-bond donors (Lipinski definition) is 2. The number of primary amides is 1. The van der Waals surface area contributed by atoms with Gasteiger partial charge >= 0.3 is 0 Å². The van der Waals surface area contributed by atoms with E-state index in [1.54, 1.807) is 36.9 Å². The summed E-state index contributed by atoms with van der Waals surface area (Å²) in [6, 6.07) is 3.61. The number of amides is 1. The third kappa shape index (κ3) is 4.57. The Kier molecular flexibility index (Phi) is 5.77. The second-order valence-corrected chi connectivity index (χ2v) is 8.22. The van der Waals surface area contributed by atoms with Gasteiger partial charge in [-0.3, -0.25) is 19.3 Å². The zero-order valence-electron chi connectivity index (χ0n) is 15.9. The molecule has 1 amide bonds. The minimum absolute atomic E-state index is 0.0695. The molecule has 150 valence electrons. The Labute approximate surface area is 172 Å². The quantitative estimate of drug-likeness (QED) is 0.575. The minimum Gasteiger partial charge on any atom is -0.364 e. The van der Waals surface area contributed by atoms with Crippen molar-refractivity contribution < 1.29 is 9.59 Å². The van der Waals surface area contributed by atoms with E-state index in [0.29, 0.717) is 21.4 Å². The molecule has 0 unspecified atom stereocenters. The first-order chi connectivity index (χ1) is 14.1. The minimum atomic E-state index is -0.633. The van der Waals surface area contributed by atoms with Gasteiger partial charge in [0.05, 0.1) is 11.8 Å². The molecule has 0 aliphatic carbocycles. The fourth-order valence-electron chi connectivity index (χ4n) is 3.47. The summed E-state index contributed by atoms with van der Waals surface area (Å²) in [5, 5.41) is 8.34. The topological polar surface area (TPSA) is 116 Å². The van der Waals surface area contributed by atoms with E-state index < -0.39 is 5.91 Å². The van der Waals surface area contributed by atoms with Crippen LogP contribution in [0.1, 0.15) is 38.6 Å². The summed E-state index contributed by atoms with van der Waals surface area (Å²) >= 11 is 1.30. The molecule has 1 fully saturated rings. The third-order valence-electron chi connectivity index (χ3n) is 5.04. The normalized spacial score (nSPS) is 14.8. The molecular formula is C20H22N6O2S. The molecule has 4 rings (SSSR count). The molecule has 0 bridgehead atoms. The summed E-state index contributed by atoms with van der Waals surface area (Å²) in [5.74, 6) is -0.162. The van der Waals surface area contributed by atoms with Crippen LogP contribution in [0.4, 0.5) is 0 Å². The molecule has 0 aromatic carbocycles. The molecule has 3 aromatic rings. The molecule has 0 atom stereocenters. The van der Waals surface area contributed by atoms with E-state index in [9.17, 15) is 9.59 Å². The van der Waals surface area contributed by atoms with Crippen molar-refractivity contribution in [2.75, 3.05) is 13.1 Å². The second kappa shape index (κ2) is 8.62. The van der Waals surface area contributed by atoms with Crippen LogP contribution in [-0.4, -0.2) is 44.5 Å². The fourth-order valence-corrected chi connectivity index (χ4v) is 4.54. The number of rotatable bonds is 7. The van der Waals surface area contributed by atoms with Crippen molar-refractivity contribution in [2.24, 2.45) is 11.7 Å². The molecular weight excluding hydrogens is 388 g/mol. The lowest BCUT2D eigenvalue weighted by molar-refractivity contribution is 0.0991. The zero-order valence-corrected chi connectivity index (χ0v) is 16.7. The maximum atomic E-state index is 12.8. The number of carbonyl (C=O) groups excluding carboxylic acids is 2. The van der Waals surface area contributed by atoms with Crippen LogP contribution in [0.3, 0.4) is 0 Å². The van der Waals surface area contributed by atoms with E-state index in [0.717, 1.165) is 38.0 Å². The summed E-state index contributed by atoms with van der Waals surface area (Å²) in [5.41, 5.74) is 7.01. The van der Waals surface area contributed by atoms with Gasteiger partial charge in [-0.05, 0) is 44.0 Å².